The first-order valence-electron chi connectivity index (χ1n) is 7.83. The number of ether oxygens (including phenoxy) is 2. The Bertz CT molecular complexity index is 783. The average Bonchev–Trinajstić information content (AvgIpc) is 2.66. The van der Waals surface area contributed by atoms with E-state index in [0.717, 1.165) is 0 Å². The van der Waals surface area contributed by atoms with E-state index >= 15 is 0 Å². The highest BCUT2D eigenvalue weighted by atomic mass is 16.5. The molecule has 26 heavy (non-hydrogen) atoms. The second kappa shape index (κ2) is 8.66. The van der Waals surface area contributed by atoms with Gasteiger partial charge >= 0.3 is 5.97 Å². The summed E-state index contributed by atoms with van der Waals surface area (Å²) in [5.41, 5.74) is 1.34. The highest BCUT2D eigenvalue weighted by Gasteiger charge is 2.11. The van der Waals surface area contributed by atoms with Gasteiger partial charge in [-0.3, -0.25) is 9.59 Å². The monoisotopic (exact) mass is 356 g/mol. The van der Waals surface area contributed by atoms with Gasteiger partial charge in [0.05, 0.1) is 12.7 Å². The predicted octanol–water partition coefficient (Wildman–Crippen LogP) is 2.19. The minimum absolute atomic E-state index is 0.128. The van der Waals surface area contributed by atoms with Crippen LogP contribution in [0, 0.1) is 0 Å². The lowest BCUT2D eigenvalue weighted by atomic mass is 10.2. The maximum atomic E-state index is 11.9. The Labute approximate surface area is 151 Å². The first kappa shape index (κ1) is 19.0. The summed E-state index contributed by atoms with van der Waals surface area (Å²) in [4.78, 5) is 37.1. The van der Waals surface area contributed by atoms with Crippen molar-refractivity contribution in [2.75, 3.05) is 33.1 Å². The number of carbonyl (C=O) groups is 3. The zero-order valence-corrected chi connectivity index (χ0v) is 14.8. The smallest absolute Gasteiger partial charge is 0.338 e. The Morgan fingerprint density at radius 3 is 2.04 bits per heavy atom. The summed E-state index contributed by atoms with van der Waals surface area (Å²) < 4.78 is 9.99. The molecule has 136 valence electrons. The van der Waals surface area contributed by atoms with Gasteiger partial charge in [0, 0.05) is 25.3 Å². The van der Waals surface area contributed by atoms with Crippen molar-refractivity contribution in [3.8, 4) is 5.75 Å². The fraction of sp³-hybridized carbons (Fsp3) is 0.211. The molecule has 0 fully saturated rings. The van der Waals surface area contributed by atoms with Crippen LogP contribution in [-0.2, 0) is 9.53 Å². The number of benzene rings is 2. The molecule has 0 aliphatic heterocycles. The molecule has 2 aromatic carbocycles. The standard InChI is InChI=1S/C19H20N2O5/c1-21(2)18(23)13-4-8-15(9-5-13)20-17(22)12-26-19(24)14-6-10-16(25-3)11-7-14/h4-11H,12H2,1-3H3,(H,20,22). The van der Waals surface area contributed by atoms with Crippen molar-refractivity contribution >= 4 is 23.5 Å². The van der Waals surface area contributed by atoms with Gasteiger partial charge in [-0.05, 0) is 48.5 Å². The summed E-state index contributed by atoms with van der Waals surface area (Å²) in [5, 5.41) is 2.60. The topological polar surface area (TPSA) is 84.9 Å². The summed E-state index contributed by atoms with van der Waals surface area (Å²) in [5.74, 6) is -0.583. The molecule has 0 atom stereocenters. The highest BCUT2D eigenvalue weighted by molar-refractivity contribution is 5.97. The Kier molecular flexibility index (Phi) is 6.32. The number of nitrogens with one attached hydrogen (secondary N) is 1. The fourth-order valence-electron chi connectivity index (χ4n) is 2.09. The number of amides is 2. The van der Waals surface area contributed by atoms with Crippen LogP contribution in [-0.4, -0.2) is 50.5 Å². The van der Waals surface area contributed by atoms with Crippen molar-refractivity contribution in [2.45, 2.75) is 0 Å². The van der Waals surface area contributed by atoms with E-state index in [1.54, 1.807) is 62.6 Å². The van der Waals surface area contributed by atoms with Gasteiger partial charge in [-0.15, -0.1) is 0 Å². The summed E-state index contributed by atoms with van der Waals surface area (Å²) >= 11 is 0. The Balaban J connectivity index is 1.86. The van der Waals surface area contributed by atoms with Crippen LogP contribution in [0.3, 0.4) is 0 Å². The van der Waals surface area contributed by atoms with E-state index in [0.29, 0.717) is 22.6 Å². The maximum absolute atomic E-state index is 11.9. The van der Waals surface area contributed by atoms with Crippen molar-refractivity contribution < 1.29 is 23.9 Å². The number of hydrogen-bond acceptors (Lipinski definition) is 5. The molecule has 2 rings (SSSR count). The van der Waals surface area contributed by atoms with Crippen molar-refractivity contribution in [1.82, 2.24) is 4.90 Å². The van der Waals surface area contributed by atoms with Crippen LogP contribution in [0.25, 0.3) is 0 Å². The van der Waals surface area contributed by atoms with Gasteiger partial charge in [0.15, 0.2) is 6.61 Å². The lowest BCUT2D eigenvalue weighted by molar-refractivity contribution is -0.119. The number of hydrogen-bond donors (Lipinski definition) is 1. The molecule has 7 nitrogen and oxygen atoms in total. The fourth-order valence-corrected chi connectivity index (χ4v) is 2.09. The molecular formula is C19H20N2O5. The molecule has 0 saturated heterocycles. The lowest BCUT2D eigenvalue weighted by Gasteiger charge is -2.11. The van der Waals surface area contributed by atoms with Gasteiger partial charge in [0.1, 0.15) is 5.75 Å². The first-order valence-corrected chi connectivity index (χ1v) is 7.83. The number of anilines is 1. The molecule has 1 N–H and O–H groups in total. The SMILES string of the molecule is COc1ccc(C(=O)OCC(=O)Nc2ccc(C(=O)N(C)C)cc2)cc1. The molecule has 0 bridgehead atoms. The third-order valence-corrected chi connectivity index (χ3v) is 3.48. The molecule has 0 unspecified atom stereocenters. The van der Waals surface area contributed by atoms with Gasteiger partial charge in [-0.2, -0.15) is 0 Å². The molecule has 0 aliphatic rings. The van der Waals surface area contributed by atoms with Crippen LogP contribution in [0.15, 0.2) is 48.5 Å². The zero-order chi connectivity index (χ0) is 19.1. The van der Waals surface area contributed by atoms with Crippen LogP contribution >= 0.6 is 0 Å². The molecular weight excluding hydrogens is 336 g/mol. The normalized spacial score (nSPS) is 9.96. The Morgan fingerprint density at radius 2 is 1.50 bits per heavy atom. The predicted molar refractivity (Wildman–Crippen MR) is 96.4 cm³/mol. The summed E-state index contributed by atoms with van der Waals surface area (Å²) in [6.07, 6.45) is 0. The molecule has 2 amide bonds. The maximum Gasteiger partial charge on any atom is 0.338 e. The average molecular weight is 356 g/mol. The van der Waals surface area contributed by atoms with Crippen molar-refractivity contribution in [2.24, 2.45) is 0 Å². The van der Waals surface area contributed by atoms with Crippen LogP contribution in [0.5, 0.6) is 5.75 Å². The van der Waals surface area contributed by atoms with E-state index in [-0.39, 0.29) is 5.91 Å². The molecule has 0 spiro atoms. The second-order valence-corrected chi connectivity index (χ2v) is 5.63. The van der Waals surface area contributed by atoms with E-state index in [1.807, 2.05) is 0 Å². The minimum Gasteiger partial charge on any atom is -0.497 e. The van der Waals surface area contributed by atoms with Crippen LogP contribution < -0.4 is 10.1 Å². The van der Waals surface area contributed by atoms with Gasteiger partial charge in [0.25, 0.3) is 11.8 Å². The Morgan fingerprint density at radius 1 is 0.923 bits per heavy atom. The molecule has 2 aromatic rings. The number of esters is 1. The quantitative estimate of drug-likeness (QED) is 0.802. The van der Waals surface area contributed by atoms with Crippen LogP contribution in [0.4, 0.5) is 5.69 Å². The summed E-state index contributed by atoms with van der Waals surface area (Å²) in [7, 11) is 4.85. The van der Waals surface area contributed by atoms with Crippen LogP contribution in [0.2, 0.25) is 0 Å². The Hall–Kier alpha value is -3.35. The molecule has 0 aromatic heterocycles. The number of methoxy groups -OCH3 is 1. The first-order chi connectivity index (χ1) is 12.4. The van der Waals surface area contributed by atoms with E-state index < -0.39 is 18.5 Å². The van der Waals surface area contributed by atoms with Crippen molar-refractivity contribution in [1.29, 1.82) is 0 Å². The highest BCUT2D eigenvalue weighted by Crippen LogP contribution is 2.13. The molecule has 0 saturated carbocycles. The van der Waals surface area contributed by atoms with Gasteiger partial charge in [-0.1, -0.05) is 0 Å². The molecule has 7 heteroatoms. The number of nitrogens with zero attached hydrogens (tertiary/aromatic N) is 1. The third-order valence-electron chi connectivity index (χ3n) is 3.48. The third kappa shape index (κ3) is 5.07. The number of rotatable bonds is 6. The van der Waals surface area contributed by atoms with Gasteiger partial charge in [-0.25, -0.2) is 4.79 Å². The van der Waals surface area contributed by atoms with E-state index in [9.17, 15) is 14.4 Å². The summed E-state index contributed by atoms with van der Waals surface area (Å²) in [6, 6.07) is 12.8. The molecule has 0 aliphatic carbocycles. The van der Waals surface area contributed by atoms with Gasteiger partial charge in [0.2, 0.25) is 0 Å². The van der Waals surface area contributed by atoms with Crippen molar-refractivity contribution in [3.05, 3.63) is 59.7 Å². The van der Waals surface area contributed by atoms with Gasteiger partial charge < -0.3 is 19.7 Å². The van der Waals surface area contributed by atoms with E-state index in [2.05, 4.69) is 5.32 Å². The zero-order valence-electron chi connectivity index (χ0n) is 14.8. The molecule has 0 radical (unpaired) electrons. The van der Waals surface area contributed by atoms with Crippen molar-refractivity contribution in [3.63, 3.8) is 0 Å². The van der Waals surface area contributed by atoms with E-state index in [4.69, 9.17) is 9.47 Å². The van der Waals surface area contributed by atoms with Crippen LogP contribution in [0.1, 0.15) is 20.7 Å². The van der Waals surface area contributed by atoms with E-state index in [1.165, 1.54) is 12.0 Å². The summed E-state index contributed by atoms with van der Waals surface area (Å²) in [6.45, 7) is -0.413. The molecule has 0 heterocycles. The largest absolute Gasteiger partial charge is 0.497 e. The lowest BCUT2D eigenvalue weighted by Crippen LogP contribution is -2.22. The second-order valence-electron chi connectivity index (χ2n) is 5.63. The number of carbonyl (C=O) groups excluding carboxylic acids is 3. The minimum atomic E-state index is -0.602.